The zero-order chi connectivity index (χ0) is 20.4. The summed E-state index contributed by atoms with van der Waals surface area (Å²) in [6, 6.07) is 14.8. The predicted molar refractivity (Wildman–Crippen MR) is 109 cm³/mol. The van der Waals surface area contributed by atoms with Crippen LogP contribution in [0.1, 0.15) is 23.1 Å². The number of ether oxygens (including phenoxy) is 2. The van der Waals surface area contributed by atoms with Crippen LogP contribution >= 0.6 is 0 Å². The van der Waals surface area contributed by atoms with E-state index in [4.69, 9.17) is 9.47 Å². The number of carbonyl (C=O) groups is 2. The lowest BCUT2D eigenvalue weighted by atomic mass is 10.1. The highest BCUT2D eigenvalue weighted by Crippen LogP contribution is 2.23. The second-order valence-corrected chi connectivity index (χ2v) is 6.53. The van der Waals surface area contributed by atoms with E-state index in [2.05, 4.69) is 6.58 Å². The highest BCUT2D eigenvalue weighted by molar-refractivity contribution is 5.81. The quantitative estimate of drug-likeness (QED) is 0.440. The highest BCUT2D eigenvalue weighted by atomic mass is 16.5. The van der Waals surface area contributed by atoms with Crippen LogP contribution < -0.4 is 4.74 Å². The summed E-state index contributed by atoms with van der Waals surface area (Å²) in [6.07, 6.45) is 2.44. The van der Waals surface area contributed by atoms with Gasteiger partial charge in [-0.2, -0.15) is 0 Å². The molecule has 0 radical (unpaired) electrons. The van der Waals surface area contributed by atoms with Crippen LogP contribution in [0, 0.1) is 6.92 Å². The van der Waals surface area contributed by atoms with Crippen LogP contribution in [0.3, 0.4) is 0 Å². The molecule has 0 aliphatic rings. The summed E-state index contributed by atoms with van der Waals surface area (Å²) in [5.41, 5.74) is 2.90. The molecule has 1 amide bonds. The van der Waals surface area contributed by atoms with Gasteiger partial charge < -0.3 is 19.2 Å². The first kappa shape index (κ1) is 21.4. The zero-order valence-electron chi connectivity index (χ0n) is 16.5. The fourth-order valence-electron chi connectivity index (χ4n) is 2.87. The van der Waals surface area contributed by atoms with E-state index in [0.29, 0.717) is 12.4 Å². The van der Waals surface area contributed by atoms with E-state index in [9.17, 15) is 9.59 Å². The molecule has 2 rings (SSSR count). The number of hydrogen-bond donors (Lipinski definition) is 0. The Kier molecular flexibility index (Phi) is 8.43. The third-order valence-electron chi connectivity index (χ3n) is 4.38. The summed E-state index contributed by atoms with van der Waals surface area (Å²) in [7, 11) is 1.59. The number of carbonyl (C=O) groups excluding carboxylic acids is 2. The summed E-state index contributed by atoms with van der Waals surface area (Å²) in [5, 5.41) is 0. The summed E-state index contributed by atoms with van der Waals surface area (Å²) in [4.78, 5) is 25.9. The van der Waals surface area contributed by atoms with Gasteiger partial charge in [-0.25, -0.2) is 0 Å². The minimum Gasteiger partial charge on any atom is -0.496 e. The molecule has 0 saturated heterocycles. The van der Waals surface area contributed by atoms with Crippen molar-refractivity contribution in [1.29, 1.82) is 0 Å². The molecule has 0 saturated carbocycles. The van der Waals surface area contributed by atoms with Crippen molar-refractivity contribution in [3.8, 4) is 5.75 Å². The van der Waals surface area contributed by atoms with Gasteiger partial charge in [0.05, 0.1) is 26.9 Å². The third-order valence-corrected chi connectivity index (χ3v) is 4.38. The van der Waals surface area contributed by atoms with Crippen LogP contribution in [-0.4, -0.2) is 36.9 Å². The molecule has 0 aliphatic heterocycles. The smallest absolute Gasteiger partial charge is 0.227 e. The first-order valence-electron chi connectivity index (χ1n) is 9.20. The highest BCUT2D eigenvalue weighted by Gasteiger charge is 2.24. The topological polar surface area (TPSA) is 55.8 Å². The zero-order valence-corrected chi connectivity index (χ0v) is 16.5. The molecular weight excluding hydrogens is 354 g/mol. The number of aryl methyl sites for hydroxylation is 1. The molecule has 0 bridgehead atoms. The third kappa shape index (κ3) is 6.06. The Morgan fingerprint density at radius 3 is 2.61 bits per heavy atom. The minimum atomic E-state index is -0.692. The number of hydrogen-bond acceptors (Lipinski definition) is 4. The average Bonchev–Trinajstić information content (AvgIpc) is 2.71. The fourth-order valence-corrected chi connectivity index (χ4v) is 2.87. The van der Waals surface area contributed by atoms with Crippen molar-refractivity contribution in [3.63, 3.8) is 0 Å². The van der Waals surface area contributed by atoms with Gasteiger partial charge in [0.15, 0.2) is 0 Å². The van der Waals surface area contributed by atoms with Gasteiger partial charge in [0, 0.05) is 12.0 Å². The maximum atomic E-state index is 12.6. The molecule has 0 unspecified atom stereocenters. The molecule has 5 nitrogen and oxygen atoms in total. The Bertz CT molecular complexity index is 788. The first-order chi connectivity index (χ1) is 13.6. The van der Waals surface area contributed by atoms with E-state index < -0.39 is 6.04 Å². The maximum Gasteiger partial charge on any atom is 0.227 e. The largest absolute Gasteiger partial charge is 0.496 e. The fraction of sp³-hybridized carbons (Fsp3) is 0.304. The molecule has 0 spiro atoms. The molecule has 0 aromatic heterocycles. The van der Waals surface area contributed by atoms with Gasteiger partial charge in [0.1, 0.15) is 18.1 Å². The first-order valence-corrected chi connectivity index (χ1v) is 9.20. The van der Waals surface area contributed by atoms with Crippen molar-refractivity contribution in [2.75, 3.05) is 13.7 Å². The number of benzene rings is 2. The average molecular weight is 381 g/mol. The van der Waals surface area contributed by atoms with Crippen molar-refractivity contribution in [2.45, 2.75) is 32.5 Å². The standard InChI is InChI=1S/C23H27NO4/c1-4-8-23(26)24(14-20-12-11-18(2)13-22(20)27-3)21(15-25)17-28-16-19-9-6-5-7-10-19/h4-7,9-13,15,21H,1,8,14,16-17H2,2-3H3/t21-/m1/s1. The van der Waals surface area contributed by atoms with Crippen LogP contribution in [0.15, 0.2) is 61.2 Å². The second-order valence-electron chi connectivity index (χ2n) is 6.53. The van der Waals surface area contributed by atoms with Gasteiger partial charge >= 0.3 is 0 Å². The van der Waals surface area contributed by atoms with E-state index in [1.807, 2.05) is 55.5 Å². The molecule has 0 heterocycles. The number of nitrogens with zero attached hydrogens (tertiary/aromatic N) is 1. The normalized spacial score (nSPS) is 11.5. The van der Waals surface area contributed by atoms with Crippen molar-refractivity contribution in [1.82, 2.24) is 4.90 Å². The summed E-state index contributed by atoms with van der Waals surface area (Å²) in [6.45, 7) is 6.36. The predicted octanol–water partition coefficient (Wildman–Crippen LogP) is 3.69. The summed E-state index contributed by atoms with van der Waals surface area (Å²) < 4.78 is 11.2. The SMILES string of the molecule is C=CCC(=O)N(Cc1ccc(C)cc1OC)[C@H](C=O)COCc1ccccc1. The van der Waals surface area contributed by atoms with Crippen molar-refractivity contribution in [2.24, 2.45) is 0 Å². The lowest BCUT2D eigenvalue weighted by Gasteiger charge is -2.29. The molecule has 2 aromatic carbocycles. The number of rotatable bonds is 11. The lowest BCUT2D eigenvalue weighted by molar-refractivity contribution is -0.138. The second kappa shape index (κ2) is 11.0. The lowest BCUT2D eigenvalue weighted by Crippen LogP contribution is -2.43. The molecule has 2 aromatic rings. The van der Waals surface area contributed by atoms with Crippen LogP contribution in [0.2, 0.25) is 0 Å². The van der Waals surface area contributed by atoms with Gasteiger partial charge in [-0.3, -0.25) is 4.79 Å². The van der Waals surface area contributed by atoms with E-state index in [0.717, 1.165) is 23.0 Å². The summed E-state index contributed by atoms with van der Waals surface area (Å²) >= 11 is 0. The molecule has 5 heteroatoms. The molecular formula is C23H27NO4. The monoisotopic (exact) mass is 381 g/mol. The van der Waals surface area contributed by atoms with Crippen molar-refractivity contribution in [3.05, 3.63) is 77.9 Å². The van der Waals surface area contributed by atoms with Crippen LogP contribution in [-0.2, 0) is 27.5 Å². The van der Waals surface area contributed by atoms with E-state index >= 15 is 0 Å². The van der Waals surface area contributed by atoms with E-state index in [1.54, 1.807) is 7.11 Å². The minimum absolute atomic E-state index is 0.120. The van der Waals surface area contributed by atoms with Crippen LogP contribution in [0.25, 0.3) is 0 Å². The van der Waals surface area contributed by atoms with Gasteiger partial charge in [-0.1, -0.05) is 48.5 Å². The van der Waals surface area contributed by atoms with Gasteiger partial charge in [-0.05, 0) is 24.1 Å². The summed E-state index contributed by atoms with van der Waals surface area (Å²) in [5.74, 6) is 0.504. The molecule has 148 valence electrons. The van der Waals surface area contributed by atoms with Gasteiger partial charge in [0.2, 0.25) is 5.91 Å². The van der Waals surface area contributed by atoms with E-state index in [1.165, 1.54) is 11.0 Å². The number of aldehydes is 1. The van der Waals surface area contributed by atoms with Gasteiger partial charge in [0.25, 0.3) is 0 Å². The van der Waals surface area contributed by atoms with E-state index in [-0.39, 0.29) is 25.5 Å². The Morgan fingerprint density at radius 1 is 1.21 bits per heavy atom. The Morgan fingerprint density at radius 2 is 1.96 bits per heavy atom. The van der Waals surface area contributed by atoms with Gasteiger partial charge in [-0.15, -0.1) is 6.58 Å². The molecule has 0 aliphatic carbocycles. The maximum absolute atomic E-state index is 12.6. The molecule has 0 N–H and O–H groups in total. The Hall–Kier alpha value is -2.92. The number of amides is 1. The Balaban J connectivity index is 2.14. The Labute approximate surface area is 166 Å². The van der Waals surface area contributed by atoms with Crippen LogP contribution in [0.4, 0.5) is 0 Å². The van der Waals surface area contributed by atoms with Crippen LogP contribution in [0.5, 0.6) is 5.75 Å². The molecule has 1 atom stereocenters. The number of methoxy groups -OCH3 is 1. The molecule has 28 heavy (non-hydrogen) atoms. The van der Waals surface area contributed by atoms with Crippen molar-refractivity contribution < 1.29 is 19.1 Å². The molecule has 0 fully saturated rings. The van der Waals surface area contributed by atoms with Crippen molar-refractivity contribution >= 4 is 12.2 Å².